The molecule has 0 saturated carbocycles. The molecule has 3 aromatic heterocycles. The fourth-order valence-electron chi connectivity index (χ4n) is 7.77. The highest BCUT2D eigenvalue weighted by Gasteiger charge is 2.27. The zero-order chi connectivity index (χ0) is 53.0. The maximum Gasteiger partial charge on any atom is 0.325 e. The molecule has 0 spiro atoms. The molecule has 0 radical (unpaired) electrons. The first-order chi connectivity index (χ1) is 36.5. The van der Waals surface area contributed by atoms with Crippen molar-refractivity contribution >= 4 is 46.3 Å². The Morgan fingerprint density at radius 2 is 1.48 bits per heavy atom. The summed E-state index contributed by atoms with van der Waals surface area (Å²) < 4.78 is 57.4. The van der Waals surface area contributed by atoms with E-state index >= 15 is 0 Å². The molecule has 23 heteroatoms. The van der Waals surface area contributed by atoms with Gasteiger partial charge in [-0.1, -0.05) is 17.3 Å². The number of unbranched alkanes of at least 4 members (excludes halogenated alkanes) is 1. The van der Waals surface area contributed by atoms with Crippen LogP contribution < -0.4 is 20.1 Å². The Hall–Kier alpha value is -6.50. The summed E-state index contributed by atoms with van der Waals surface area (Å²) >= 11 is 1.28. The van der Waals surface area contributed by atoms with Crippen LogP contribution in [0.25, 0.3) is 0 Å². The van der Waals surface area contributed by atoms with Crippen molar-refractivity contribution in [3.63, 3.8) is 0 Å². The number of pyridine rings is 1. The van der Waals surface area contributed by atoms with Crippen LogP contribution >= 0.6 is 11.3 Å². The highest BCUT2D eigenvalue weighted by molar-refractivity contribution is 7.14. The Morgan fingerprint density at radius 3 is 2.21 bits per heavy atom. The van der Waals surface area contributed by atoms with E-state index in [2.05, 4.69) is 47.8 Å². The second-order valence-electron chi connectivity index (χ2n) is 17.8. The van der Waals surface area contributed by atoms with Crippen molar-refractivity contribution in [1.82, 2.24) is 44.6 Å². The number of aryl methyl sites for hydroxylation is 1. The van der Waals surface area contributed by atoms with E-state index in [4.69, 9.17) is 23.7 Å². The van der Waals surface area contributed by atoms with Crippen molar-refractivity contribution in [1.29, 1.82) is 0 Å². The lowest BCUT2D eigenvalue weighted by Crippen LogP contribution is -2.47. The first-order valence-electron chi connectivity index (χ1n) is 25.2. The third-order valence-corrected chi connectivity index (χ3v) is 12.8. The molecule has 1 fully saturated rings. The van der Waals surface area contributed by atoms with Gasteiger partial charge >= 0.3 is 6.03 Å². The molecule has 20 nitrogen and oxygen atoms in total. The van der Waals surface area contributed by atoms with Crippen LogP contribution in [0.2, 0.25) is 0 Å². The van der Waals surface area contributed by atoms with Gasteiger partial charge < -0.3 is 53.4 Å². The van der Waals surface area contributed by atoms with Crippen molar-refractivity contribution in [2.45, 2.75) is 57.5 Å². The van der Waals surface area contributed by atoms with Crippen LogP contribution in [0.15, 0.2) is 84.6 Å². The van der Waals surface area contributed by atoms with Crippen molar-refractivity contribution in [2.24, 2.45) is 0 Å². The van der Waals surface area contributed by atoms with E-state index in [-0.39, 0.29) is 18.7 Å². The summed E-state index contributed by atoms with van der Waals surface area (Å²) in [5, 5.41) is 16.1. The topological polar surface area (TPSA) is 208 Å². The number of likely N-dealkylation sites (N-methyl/N-ethyl adjacent to an activating group) is 2. The second-order valence-corrected chi connectivity index (χ2v) is 18.7. The number of thiazole rings is 1. The first kappa shape index (κ1) is 57.8. The monoisotopic (exact) mass is 1060 g/mol. The van der Waals surface area contributed by atoms with Gasteiger partial charge in [-0.15, -0.1) is 16.4 Å². The Kier molecular flexibility index (Phi) is 24.7. The van der Waals surface area contributed by atoms with E-state index in [1.165, 1.54) is 35.9 Å². The van der Waals surface area contributed by atoms with Gasteiger partial charge in [0.05, 0.1) is 77.1 Å². The molecule has 4 amide bonds. The Labute approximate surface area is 440 Å². The largest absolute Gasteiger partial charge is 0.494 e. The summed E-state index contributed by atoms with van der Waals surface area (Å²) in [5.41, 5.74) is 3.34. The Balaban J connectivity index is 0.713. The van der Waals surface area contributed by atoms with Crippen molar-refractivity contribution in [3.05, 3.63) is 107 Å². The van der Waals surface area contributed by atoms with Crippen LogP contribution in [0.3, 0.4) is 0 Å². The lowest BCUT2D eigenvalue weighted by atomic mass is 10.1. The molecule has 1 aliphatic rings. The van der Waals surface area contributed by atoms with Gasteiger partial charge in [0.25, 0.3) is 6.43 Å². The van der Waals surface area contributed by atoms with E-state index in [1.54, 1.807) is 34.3 Å². The summed E-state index contributed by atoms with van der Waals surface area (Å²) in [5.74, 6) is 0.861. The molecule has 4 heterocycles. The standard InChI is InChI=1S/C52H69F2N11O9S/c1-61(20-3-4-27-73-45-10-5-40(6-11-45)7-14-49(67)65(37-48(53)54)47(38-66)41-15-18-55-19-16-41)25-29-71-32-31-70-28-17-43-36-64(60-59-43)26-30-72-33-34-74-46-12-8-42(9-13-46)56-51(69)58-52-57-44(39-75-52)35-50(68)63-23-21-62(2)22-24-63/h5-6,8-13,15-16,18-19,36,38-39,47-48H,3-4,7,14,17,20-35,37H2,1-2H3,(H2,56,57,58,69). The highest BCUT2D eigenvalue weighted by Crippen LogP contribution is 2.23. The lowest BCUT2D eigenvalue weighted by Gasteiger charge is -2.32. The first-order valence-corrected chi connectivity index (χ1v) is 26.1. The van der Waals surface area contributed by atoms with E-state index in [1.807, 2.05) is 42.4 Å². The average molecular weight is 1060 g/mol. The molecule has 1 unspecified atom stereocenters. The van der Waals surface area contributed by atoms with Gasteiger partial charge in [0, 0.05) is 75.2 Å². The summed E-state index contributed by atoms with van der Waals surface area (Å²) in [7, 11) is 4.10. The fraction of sp³-hybridized carbons (Fsp3) is 0.500. The Morgan fingerprint density at radius 1 is 0.787 bits per heavy atom. The second kappa shape index (κ2) is 32.1. The maximum absolute atomic E-state index is 13.4. The zero-order valence-corrected chi connectivity index (χ0v) is 43.6. The van der Waals surface area contributed by atoms with Gasteiger partial charge in [-0.25, -0.2) is 23.2 Å². The van der Waals surface area contributed by atoms with E-state index in [0.717, 1.165) is 55.2 Å². The molecule has 75 heavy (non-hydrogen) atoms. The number of carbonyl (C=O) groups excluding carboxylic acids is 4. The van der Waals surface area contributed by atoms with Gasteiger partial charge in [-0.3, -0.25) is 19.9 Å². The van der Waals surface area contributed by atoms with Crippen molar-refractivity contribution < 1.29 is 51.6 Å². The van der Waals surface area contributed by atoms with Crippen LogP contribution in [0.1, 0.15) is 47.8 Å². The molecule has 0 bridgehead atoms. The van der Waals surface area contributed by atoms with Crippen molar-refractivity contribution in [3.8, 4) is 11.5 Å². The summed E-state index contributed by atoms with van der Waals surface area (Å²) in [6, 6.07) is 15.9. The van der Waals surface area contributed by atoms with Crippen LogP contribution in [0.4, 0.5) is 24.4 Å². The minimum Gasteiger partial charge on any atom is -0.494 e. The van der Waals surface area contributed by atoms with E-state index in [0.29, 0.717) is 125 Å². The number of halogens is 2. The number of carbonyl (C=O) groups is 4. The van der Waals surface area contributed by atoms with Gasteiger partial charge in [0.2, 0.25) is 11.8 Å². The third kappa shape index (κ3) is 21.3. The molecule has 1 atom stereocenters. The maximum atomic E-state index is 13.4. The number of ether oxygens (including phenoxy) is 5. The predicted octanol–water partition coefficient (Wildman–Crippen LogP) is 5.52. The number of hydrogen-bond acceptors (Lipinski definition) is 16. The lowest BCUT2D eigenvalue weighted by molar-refractivity contribution is -0.138. The third-order valence-electron chi connectivity index (χ3n) is 12.0. The number of benzene rings is 2. The number of amides is 4. The number of hydrogen-bond donors (Lipinski definition) is 2. The van der Waals surface area contributed by atoms with E-state index < -0.39 is 31.0 Å². The fourth-order valence-corrected chi connectivity index (χ4v) is 8.47. The number of aldehydes is 1. The van der Waals surface area contributed by atoms with E-state index in [9.17, 15) is 28.0 Å². The van der Waals surface area contributed by atoms with Crippen LogP contribution in [-0.2, 0) is 54.4 Å². The summed E-state index contributed by atoms with van der Waals surface area (Å²) in [6.45, 7) is 8.35. The smallest absolute Gasteiger partial charge is 0.325 e. The molecule has 5 aromatic rings. The number of alkyl halides is 2. The Bertz CT molecular complexity index is 2450. The molecule has 2 N–H and O–H groups in total. The summed E-state index contributed by atoms with van der Waals surface area (Å²) in [4.78, 5) is 65.5. The molecule has 6 rings (SSSR count). The molecule has 406 valence electrons. The highest BCUT2D eigenvalue weighted by atomic mass is 32.1. The number of rotatable bonds is 34. The SMILES string of the molecule is CN(CCCCOc1ccc(CCC(=O)N(CC(F)F)C(C=O)c2ccncc2)cc1)CCOCCOCCc1cn(CCOCCOc2ccc(NC(=O)Nc3nc(CC(=O)N4CCN(C)CC4)cs3)cc2)nn1. The van der Waals surface area contributed by atoms with Crippen molar-refractivity contribution in [2.75, 3.05) is 123 Å². The molecular formula is C52H69F2N11O9S. The zero-order valence-electron chi connectivity index (χ0n) is 42.7. The number of anilines is 2. The quantitative estimate of drug-likeness (QED) is 0.0384. The number of nitrogens with one attached hydrogen (secondary N) is 2. The minimum atomic E-state index is -2.78. The molecule has 1 saturated heterocycles. The van der Waals surface area contributed by atoms with Crippen LogP contribution in [-0.4, -0.2) is 188 Å². The molecular weight excluding hydrogens is 993 g/mol. The summed E-state index contributed by atoms with van der Waals surface area (Å²) in [6.07, 6.45) is 5.50. The number of nitrogens with zero attached hydrogens (tertiary/aromatic N) is 9. The minimum absolute atomic E-state index is 0.0192. The van der Waals surface area contributed by atoms with Crippen LogP contribution in [0, 0.1) is 0 Å². The number of piperazine rings is 1. The van der Waals surface area contributed by atoms with Crippen LogP contribution in [0.5, 0.6) is 11.5 Å². The van der Waals surface area contributed by atoms with Gasteiger partial charge in [-0.2, -0.15) is 0 Å². The molecule has 1 aliphatic heterocycles. The van der Waals surface area contributed by atoms with Gasteiger partial charge in [0.1, 0.15) is 30.4 Å². The van der Waals surface area contributed by atoms with Gasteiger partial charge in [-0.05, 0) is 99.6 Å². The number of aromatic nitrogens is 5. The van der Waals surface area contributed by atoms with Gasteiger partial charge in [0.15, 0.2) is 5.13 Å². The molecule has 2 aromatic carbocycles. The number of urea groups is 1. The molecule has 0 aliphatic carbocycles. The normalized spacial score (nSPS) is 13.2. The average Bonchev–Trinajstić information content (AvgIpc) is 4.06. The predicted molar refractivity (Wildman–Crippen MR) is 278 cm³/mol.